The summed E-state index contributed by atoms with van der Waals surface area (Å²) in [7, 11) is -2.18. The van der Waals surface area contributed by atoms with E-state index in [1.54, 1.807) is 27.0 Å². The Morgan fingerprint density at radius 1 is 1.02 bits per heavy atom. The zero-order valence-corrected chi connectivity index (χ0v) is 33.4. The molecule has 2 unspecified atom stereocenters. The first-order valence-corrected chi connectivity index (χ1v) is 20.3. The van der Waals surface area contributed by atoms with Gasteiger partial charge in [0.05, 0.1) is 18.8 Å². The number of rotatable bonds is 13. The molecule has 3 atom stereocenters. The number of alkyl carbamates (subject to hydrolysis) is 1. The van der Waals surface area contributed by atoms with Crippen molar-refractivity contribution in [3.05, 3.63) is 48.8 Å². The number of carbonyl (C=O) groups excluding carboxylic acids is 3. The second-order valence-electron chi connectivity index (χ2n) is 16.5. The van der Waals surface area contributed by atoms with Gasteiger partial charge in [0.2, 0.25) is 5.60 Å². The fraction of sp³-hybridized carbons (Fsp3) is 0.622. The molecule has 0 fully saturated rings. The predicted octanol–water partition coefficient (Wildman–Crippen LogP) is 7.10. The maximum absolute atomic E-state index is 13.4. The Bertz CT molecular complexity index is 1540. The molecule has 2 aromatic rings. The van der Waals surface area contributed by atoms with E-state index in [0.717, 1.165) is 16.7 Å². The zero-order valence-electron chi connectivity index (χ0n) is 32.4. The Labute approximate surface area is 303 Å². The van der Waals surface area contributed by atoms with Gasteiger partial charge in [-0.2, -0.15) is 10.6 Å². The van der Waals surface area contributed by atoms with E-state index in [1.807, 2.05) is 49.8 Å². The topological polar surface area (TPSA) is 148 Å². The fourth-order valence-electron chi connectivity index (χ4n) is 4.96. The highest BCUT2D eigenvalue weighted by atomic mass is 28.4. The number of benzene rings is 1. The number of carbonyl (C=O) groups is 3. The molecule has 2 N–H and O–H groups in total. The van der Waals surface area contributed by atoms with E-state index >= 15 is 0 Å². The molecule has 284 valence electrons. The van der Waals surface area contributed by atoms with E-state index in [2.05, 4.69) is 56.3 Å². The van der Waals surface area contributed by atoms with Gasteiger partial charge in [-0.3, -0.25) is 4.68 Å². The van der Waals surface area contributed by atoms with Crippen LogP contribution >= 0.6 is 0 Å². The number of aryl methyl sites for hydroxylation is 1. The number of hydrogen-bond donors (Lipinski definition) is 2. The highest BCUT2D eigenvalue weighted by molar-refractivity contribution is 6.74. The standard InChI is InChI=1S/C37H58N4O9Si/c1-14-19-45-33(44)40-50-37(11,31(42)47-34(2,3)4)30-18-16-26-20-25(15-17-29(26)46-30)27-21-39-41(23-27)24-28(49-51(12,13)36(8,9)10)22-38-32(43)48-35(5,6)7/h14-15,17,20-21,23,28,30H,1,16,18-19,22,24H2,2-13H3,(H,38,43)(H,40,44)/t28?,30-,37?/m1/s1. The van der Waals surface area contributed by atoms with E-state index in [0.29, 0.717) is 25.1 Å². The SMILES string of the molecule is C=CCOC(=O)NOC(C)(C(=O)OC(C)(C)C)[C@H]1CCc2cc(-c3cnn(CC(CNC(=O)OC(C)(C)C)O[Si](C)(C)C(C)(C)C)c3)ccc2O1. The number of nitrogens with zero attached hydrogens (tertiary/aromatic N) is 2. The lowest BCUT2D eigenvalue weighted by molar-refractivity contribution is -0.204. The van der Waals surface area contributed by atoms with Gasteiger partial charge < -0.3 is 28.7 Å². The van der Waals surface area contributed by atoms with E-state index in [1.165, 1.54) is 13.0 Å². The van der Waals surface area contributed by atoms with Crippen molar-refractivity contribution in [1.29, 1.82) is 0 Å². The molecule has 1 aromatic heterocycles. The molecule has 2 amide bonds. The van der Waals surface area contributed by atoms with Crippen LogP contribution in [0.15, 0.2) is 43.2 Å². The fourth-order valence-corrected chi connectivity index (χ4v) is 6.30. The number of nitrogens with one attached hydrogen (secondary N) is 2. The van der Waals surface area contributed by atoms with Crippen molar-refractivity contribution in [2.75, 3.05) is 13.2 Å². The first kappa shape index (κ1) is 41.5. The summed E-state index contributed by atoms with van der Waals surface area (Å²) in [6.07, 6.45) is 3.67. The third-order valence-electron chi connectivity index (χ3n) is 8.60. The number of fused-ring (bicyclic) bond motifs is 1. The summed E-state index contributed by atoms with van der Waals surface area (Å²) in [5.41, 5.74) is 1.89. The van der Waals surface area contributed by atoms with Gasteiger partial charge in [0.25, 0.3) is 0 Å². The van der Waals surface area contributed by atoms with Crippen LogP contribution in [0.25, 0.3) is 11.1 Å². The summed E-state index contributed by atoms with van der Waals surface area (Å²) in [5.74, 6) is -0.0975. The molecule has 14 heteroatoms. The number of aromatic nitrogens is 2. The normalized spacial score (nSPS) is 16.8. The summed E-state index contributed by atoms with van der Waals surface area (Å²) in [5, 5.41) is 7.47. The molecule has 3 rings (SSSR count). The highest BCUT2D eigenvalue weighted by Crippen LogP contribution is 2.38. The molecule has 13 nitrogen and oxygen atoms in total. The molecule has 0 aliphatic carbocycles. The van der Waals surface area contributed by atoms with Crippen LogP contribution in [0, 0.1) is 0 Å². The Hall–Kier alpha value is -3.88. The number of esters is 1. The van der Waals surface area contributed by atoms with Crippen molar-refractivity contribution < 1.29 is 42.6 Å². The summed E-state index contributed by atoms with van der Waals surface area (Å²) >= 11 is 0. The van der Waals surface area contributed by atoms with Crippen LogP contribution in [-0.2, 0) is 41.2 Å². The summed E-state index contributed by atoms with van der Waals surface area (Å²) in [6, 6.07) is 5.81. The van der Waals surface area contributed by atoms with Crippen LogP contribution in [0.2, 0.25) is 18.1 Å². The van der Waals surface area contributed by atoms with E-state index in [4.69, 9.17) is 28.2 Å². The van der Waals surface area contributed by atoms with Gasteiger partial charge in [-0.05, 0) is 103 Å². The van der Waals surface area contributed by atoms with Crippen molar-refractivity contribution in [1.82, 2.24) is 20.6 Å². The average Bonchev–Trinajstić information content (AvgIpc) is 3.47. The van der Waals surface area contributed by atoms with Crippen LogP contribution in [0.3, 0.4) is 0 Å². The zero-order chi connectivity index (χ0) is 38.4. The average molecular weight is 731 g/mol. The molecular weight excluding hydrogens is 673 g/mol. The Balaban J connectivity index is 1.79. The van der Waals surface area contributed by atoms with E-state index in [-0.39, 0.29) is 24.3 Å². The molecule has 0 saturated heterocycles. The lowest BCUT2D eigenvalue weighted by atomic mass is 9.89. The second-order valence-corrected chi connectivity index (χ2v) is 21.3. The number of hydroxylamine groups is 1. The maximum Gasteiger partial charge on any atom is 0.431 e. The first-order valence-electron chi connectivity index (χ1n) is 17.3. The lowest BCUT2D eigenvalue weighted by Crippen LogP contribution is -2.57. The number of amides is 2. The van der Waals surface area contributed by atoms with Gasteiger partial charge in [0.1, 0.15) is 29.7 Å². The lowest BCUT2D eigenvalue weighted by Gasteiger charge is -2.39. The molecule has 1 aliphatic heterocycles. The predicted molar refractivity (Wildman–Crippen MR) is 197 cm³/mol. The van der Waals surface area contributed by atoms with E-state index < -0.39 is 49.4 Å². The third kappa shape index (κ3) is 12.1. The van der Waals surface area contributed by atoms with Crippen LogP contribution < -0.4 is 15.5 Å². The van der Waals surface area contributed by atoms with Gasteiger partial charge in [-0.25, -0.2) is 19.2 Å². The molecular formula is C37H58N4O9Si. The van der Waals surface area contributed by atoms with Crippen LogP contribution in [0.1, 0.15) is 81.2 Å². The van der Waals surface area contributed by atoms with Gasteiger partial charge >= 0.3 is 18.2 Å². The highest BCUT2D eigenvalue weighted by Gasteiger charge is 2.50. The van der Waals surface area contributed by atoms with Crippen LogP contribution in [0.4, 0.5) is 9.59 Å². The maximum atomic E-state index is 13.4. The van der Waals surface area contributed by atoms with Gasteiger partial charge in [-0.15, -0.1) is 0 Å². The Morgan fingerprint density at radius 2 is 1.69 bits per heavy atom. The molecule has 1 aromatic carbocycles. The van der Waals surface area contributed by atoms with Gasteiger partial charge in [-0.1, -0.05) is 39.5 Å². The van der Waals surface area contributed by atoms with Crippen molar-refractivity contribution in [2.24, 2.45) is 0 Å². The smallest absolute Gasteiger partial charge is 0.431 e. The monoisotopic (exact) mass is 730 g/mol. The first-order chi connectivity index (χ1) is 23.4. The van der Waals surface area contributed by atoms with Crippen LogP contribution in [0.5, 0.6) is 5.75 Å². The largest absolute Gasteiger partial charge is 0.486 e. The van der Waals surface area contributed by atoms with Crippen LogP contribution in [-0.4, -0.2) is 78.4 Å². The Morgan fingerprint density at radius 3 is 2.29 bits per heavy atom. The molecule has 1 aliphatic rings. The minimum absolute atomic E-state index is 0.0243. The quantitative estimate of drug-likeness (QED) is 0.0719. The van der Waals surface area contributed by atoms with Gasteiger partial charge in [0.15, 0.2) is 8.32 Å². The minimum atomic E-state index is -2.18. The van der Waals surface area contributed by atoms with E-state index in [9.17, 15) is 14.4 Å². The molecule has 0 radical (unpaired) electrons. The molecule has 51 heavy (non-hydrogen) atoms. The number of hydrogen-bond acceptors (Lipinski definition) is 10. The molecule has 0 bridgehead atoms. The summed E-state index contributed by atoms with van der Waals surface area (Å²) in [6.45, 7) is 27.3. The molecule has 0 spiro atoms. The third-order valence-corrected chi connectivity index (χ3v) is 13.1. The van der Waals surface area contributed by atoms with Gasteiger partial charge in [0, 0.05) is 18.3 Å². The second kappa shape index (κ2) is 16.2. The molecule has 2 heterocycles. The Kier molecular flexibility index (Phi) is 13.2. The van der Waals surface area contributed by atoms with Crippen molar-refractivity contribution in [2.45, 2.75) is 136 Å². The summed E-state index contributed by atoms with van der Waals surface area (Å²) < 4.78 is 30.9. The number of ether oxygens (including phenoxy) is 4. The molecule has 0 saturated carbocycles. The minimum Gasteiger partial charge on any atom is -0.486 e. The summed E-state index contributed by atoms with van der Waals surface area (Å²) in [4.78, 5) is 43.7. The van der Waals surface area contributed by atoms with Crippen molar-refractivity contribution in [3.8, 4) is 16.9 Å². The van der Waals surface area contributed by atoms with Crippen molar-refractivity contribution >= 4 is 26.5 Å². The van der Waals surface area contributed by atoms with Crippen molar-refractivity contribution in [3.63, 3.8) is 0 Å².